The minimum absolute atomic E-state index is 0.237. The molecule has 2 heterocycles. The monoisotopic (exact) mass is 449 g/mol. The number of aryl methyl sites for hydroxylation is 1. The van der Waals surface area contributed by atoms with Crippen LogP contribution in [0.3, 0.4) is 0 Å². The van der Waals surface area contributed by atoms with Crippen molar-refractivity contribution >= 4 is 23.4 Å². The van der Waals surface area contributed by atoms with Crippen molar-refractivity contribution in [2.75, 3.05) is 6.61 Å². The number of fused-ring (bicyclic) bond motifs is 9. The van der Waals surface area contributed by atoms with Crippen LogP contribution < -0.4 is 15.4 Å². The molecule has 5 rings (SSSR count). The van der Waals surface area contributed by atoms with Crippen molar-refractivity contribution in [2.24, 2.45) is 0 Å². The number of hydrogen-bond acceptors (Lipinski definition) is 4. The Balaban J connectivity index is 1.65. The van der Waals surface area contributed by atoms with Gasteiger partial charge in [0.15, 0.2) is 0 Å². The standard InChI is InChI=1S/C25H24ClN3O3/c26-20-14-17-9-10-22(20)32-13-5-1-2-6-18-7-3-4-8-19(18)23(30)28-21(15-17)24(31)29-25(16-27)11-12-25/h1,3-5,7-10,14,21H,2,6,11-13,15H2,(H,28,30)(H,29,31). The average Bonchev–Trinajstić information content (AvgIpc) is 3.56. The van der Waals surface area contributed by atoms with E-state index in [1.165, 1.54) is 0 Å². The van der Waals surface area contributed by atoms with Gasteiger partial charge in [0, 0.05) is 12.0 Å². The lowest BCUT2D eigenvalue weighted by Gasteiger charge is -2.21. The number of ether oxygens (including phenoxy) is 1. The van der Waals surface area contributed by atoms with Crippen LogP contribution in [0.2, 0.25) is 5.02 Å². The SMILES string of the molecule is N#CC1(NC(=O)C2Cc3ccc(c(Cl)c3)OCC=CCCc3ccccc3C(=O)N2)CC1. The highest BCUT2D eigenvalue weighted by Crippen LogP contribution is 2.34. The van der Waals surface area contributed by atoms with Crippen molar-refractivity contribution in [3.05, 3.63) is 76.3 Å². The minimum Gasteiger partial charge on any atom is -0.488 e. The molecule has 0 saturated heterocycles. The number of rotatable bonds is 2. The summed E-state index contributed by atoms with van der Waals surface area (Å²) in [6.07, 6.45) is 6.84. The number of carbonyl (C=O) groups excluding carboxylic acids is 2. The van der Waals surface area contributed by atoms with Gasteiger partial charge in [0.2, 0.25) is 5.91 Å². The first kappa shape index (κ1) is 21.9. The molecular weight excluding hydrogens is 426 g/mol. The van der Waals surface area contributed by atoms with Crippen LogP contribution in [0.4, 0.5) is 0 Å². The summed E-state index contributed by atoms with van der Waals surface area (Å²) in [6, 6.07) is 14.0. The fraction of sp³-hybridized carbons (Fsp3) is 0.320. The Hall–Kier alpha value is -3.30. The number of benzene rings is 2. The minimum atomic E-state index is -0.850. The summed E-state index contributed by atoms with van der Waals surface area (Å²) in [7, 11) is 0. The van der Waals surface area contributed by atoms with E-state index >= 15 is 0 Å². The molecule has 2 N–H and O–H groups in total. The topological polar surface area (TPSA) is 91.2 Å². The molecule has 1 unspecified atom stereocenters. The first-order chi connectivity index (χ1) is 15.5. The molecule has 1 fully saturated rings. The molecule has 7 heteroatoms. The van der Waals surface area contributed by atoms with Gasteiger partial charge in [-0.25, -0.2) is 0 Å². The number of halogens is 1. The number of amides is 2. The van der Waals surface area contributed by atoms with Crippen LogP contribution in [0, 0.1) is 11.3 Å². The van der Waals surface area contributed by atoms with Crippen molar-refractivity contribution in [1.82, 2.24) is 10.6 Å². The van der Waals surface area contributed by atoms with E-state index in [4.69, 9.17) is 16.3 Å². The molecular formula is C25H24ClN3O3. The first-order valence-electron chi connectivity index (χ1n) is 10.7. The highest BCUT2D eigenvalue weighted by atomic mass is 35.5. The summed E-state index contributed by atoms with van der Waals surface area (Å²) >= 11 is 6.38. The number of carbonyl (C=O) groups is 2. The molecule has 0 radical (unpaired) electrons. The smallest absolute Gasteiger partial charge is 0.252 e. The molecule has 3 aliphatic rings. The predicted octanol–water partition coefficient (Wildman–Crippen LogP) is 3.73. The predicted molar refractivity (Wildman–Crippen MR) is 122 cm³/mol. The number of nitriles is 1. The lowest BCUT2D eigenvalue weighted by atomic mass is 10.00. The average molecular weight is 450 g/mol. The van der Waals surface area contributed by atoms with Gasteiger partial charge >= 0.3 is 0 Å². The highest BCUT2D eigenvalue weighted by molar-refractivity contribution is 6.32. The first-order valence-corrected chi connectivity index (χ1v) is 11.1. The number of nitrogens with zero attached hydrogens (tertiary/aromatic N) is 1. The molecule has 164 valence electrons. The third kappa shape index (κ3) is 5.12. The van der Waals surface area contributed by atoms with E-state index in [0.717, 1.165) is 17.5 Å². The molecule has 32 heavy (non-hydrogen) atoms. The molecule has 1 saturated carbocycles. The lowest BCUT2D eigenvalue weighted by molar-refractivity contribution is -0.123. The van der Waals surface area contributed by atoms with Gasteiger partial charge in [-0.15, -0.1) is 0 Å². The molecule has 1 aliphatic carbocycles. The Morgan fingerprint density at radius 2 is 2.03 bits per heavy atom. The summed E-state index contributed by atoms with van der Waals surface area (Å²) in [5.41, 5.74) is 1.40. The maximum Gasteiger partial charge on any atom is 0.252 e. The second kappa shape index (κ2) is 9.46. The van der Waals surface area contributed by atoms with Crippen molar-refractivity contribution < 1.29 is 14.3 Å². The van der Waals surface area contributed by atoms with Gasteiger partial charge in [0.25, 0.3) is 5.91 Å². The van der Waals surface area contributed by atoms with Crippen LogP contribution in [0.25, 0.3) is 0 Å². The van der Waals surface area contributed by atoms with Crippen LogP contribution in [0.15, 0.2) is 54.6 Å². The highest BCUT2D eigenvalue weighted by Gasteiger charge is 2.45. The van der Waals surface area contributed by atoms with Gasteiger partial charge in [-0.1, -0.05) is 48.0 Å². The summed E-state index contributed by atoms with van der Waals surface area (Å²) in [4.78, 5) is 26.2. The van der Waals surface area contributed by atoms with Crippen LogP contribution in [0.1, 0.15) is 40.7 Å². The summed E-state index contributed by atoms with van der Waals surface area (Å²) in [5, 5.41) is 15.5. The summed E-state index contributed by atoms with van der Waals surface area (Å²) in [6.45, 7) is 0.391. The molecule has 2 amide bonds. The Morgan fingerprint density at radius 1 is 1.22 bits per heavy atom. The van der Waals surface area contributed by atoms with Crippen molar-refractivity contribution in [3.8, 4) is 11.8 Å². The second-order valence-electron chi connectivity index (χ2n) is 8.16. The van der Waals surface area contributed by atoms with E-state index in [2.05, 4.69) is 16.7 Å². The normalized spacial score (nSPS) is 19.8. The van der Waals surface area contributed by atoms with Gasteiger partial charge in [-0.2, -0.15) is 5.26 Å². The Bertz CT molecular complexity index is 1100. The van der Waals surface area contributed by atoms with Gasteiger partial charge in [0.05, 0.1) is 11.1 Å². The quantitative estimate of drug-likeness (QED) is 0.683. The van der Waals surface area contributed by atoms with Gasteiger partial charge in [-0.3, -0.25) is 9.59 Å². The zero-order valence-electron chi connectivity index (χ0n) is 17.6. The molecule has 0 spiro atoms. The molecule has 2 aromatic rings. The van der Waals surface area contributed by atoms with Gasteiger partial charge in [-0.05, 0) is 55.0 Å². The van der Waals surface area contributed by atoms with Crippen molar-refractivity contribution in [1.29, 1.82) is 5.26 Å². The van der Waals surface area contributed by atoms with Crippen LogP contribution in [0.5, 0.6) is 5.75 Å². The number of hydrogen-bond donors (Lipinski definition) is 2. The van der Waals surface area contributed by atoms with Gasteiger partial charge in [0.1, 0.15) is 23.9 Å². The molecule has 0 aromatic heterocycles. The van der Waals surface area contributed by atoms with Crippen molar-refractivity contribution in [3.63, 3.8) is 0 Å². The molecule has 2 aromatic carbocycles. The maximum atomic E-state index is 13.2. The third-order valence-electron chi connectivity index (χ3n) is 5.73. The molecule has 2 bridgehead atoms. The summed E-state index contributed by atoms with van der Waals surface area (Å²) in [5.74, 6) is -0.135. The van der Waals surface area contributed by atoms with E-state index in [0.29, 0.717) is 42.2 Å². The summed E-state index contributed by atoms with van der Waals surface area (Å²) < 4.78 is 5.74. The fourth-order valence-electron chi connectivity index (χ4n) is 3.70. The van der Waals surface area contributed by atoms with Crippen LogP contribution in [-0.4, -0.2) is 30.0 Å². The second-order valence-corrected chi connectivity index (χ2v) is 8.56. The molecule has 6 nitrogen and oxygen atoms in total. The van der Waals surface area contributed by atoms with E-state index in [9.17, 15) is 14.9 Å². The van der Waals surface area contributed by atoms with Crippen LogP contribution in [-0.2, 0) is 17.6 Å². The Morgan fingerprint density at radius 3 is 2.78 bits per heavy atom. The largest absolute Gasteiger partial charge is 0.488 e. The van der Waals surface area contributed by atoms with Crippen LogP contribution >= 0.6 is 11.6 Å². The fourth-order valence-corrected chi connectivity index (χ4v) is 3.96. The van der Waals surface area contributed by atoms with Gasteiger partial charge < -0.3 is 15.4 Å². The zero-order valence-corrected chi connectivity index (χ0v) is 18.3. The third-order valence-corrected chi connectivity index (χ3v) is 6.02. The number of allylic oxidation sites excluding steroid dienone is 1. The van der Waals surface area contributed by atoms with Crippen molar-refractivity contribution in [2.45, 2.75) is 43.7 Å². The zero-order chi connectivity index (χ0) is 22.6. The van der Waals surface area contributed by atoms with E-state index in [1.54, 1.807) is 18.2 Å². The number of nitrogens with one attached hydrogen (secondary N) is 2. The lowest BCUT2D eigenvalue weighted by Crippen LogP contribution is -2.51. The van der Waals surface area contributed by atoms with E-state index < -0.39 is 11.6 Å². The molecule has 2 aliphatic heterocycles. The van der Waals surface area contributed by atoms with E-state index in [-0.39, 0.29) is 18.2 Å². The maximum absolute atomic E-state index is 13.2. The van der Waals surface area contributed by atoms with E-state index in [1.807, 2.05) is 36.4 Å². The Labute approximate surface area is 192 Å². The Kier molecular flexibility index (Phi) is 6.48. The molecule has 1 atom stereocenters.